The van der Waals surface area contributed by atoms with Crippen molar-refractivity contribution in [3.05, 3.63) is 59.4 Å². The van der Waals surface area contributed by atoms with Crippen molar-refractivity contribution < 1.29 is 9.13 Å². The van der Waals surface area contributed by atoms with E-state index in [-0.39, 0.29) is 5.82 Å². The number of ether oxygens (including phenoxy) is 1. The number of benzene rings is 2. The molecule has 1 heterocycles. The molecule has 0 unspecified atom stereocenters. The smallest absolute Gasteiger partial charge is 0.210 e. The number of hydrogen-bond donors (Lipinski definition) is 1. The van der Waals surface area contributed by atoms with Gasteiger partial charge in [0.2, 0.25) is 5.16 Å². The molecule has 0 amide bonds. The van der Waals surface area contributed by atoms with Gasteiger partial charge in [-0.2, -0.15) is 0 Å². The molecule has 2 N–H and O–H groups in total. The van der Waals surface area contributed by atoms with Crippen molar-refractivity contribution in [1.82, 2.24) is 14.9 Å². The predicted molar refractivity (Wildman–Crippen MR) is 107 cm³/mol. The number of aryl methyl sites for hydroxylation is 1. The van der Waals surface area contributed by atoms with Crippen LogP contribution in [-0.2, 0) is 0 Å². The molecule has 0 aliphatic rings. The fourth-order valence-electron chi connectivity index (χ4n) is 2.85. The third kappa shape index (κ3) is 4.60. The molecule has 0 aliphatic heterocycles. The molecule has 5 nitrogen and oxygen atoms in total. The Kier molecular flexibility index (Phi) is 6.01. The maximum absolute atomic E-state index is 13.0. The van der Waals surface area contributed by atoms with E-state index in [9.17, 15) is 4.39 Å². The lowest BCUT2D eigenvalue weighted by atomic mass is 9.98. The Labute approximate surface area is 162 Å². The summed E-state index contributed by atoms with van der Waals surface area (Å²) in [6.45, 7) is 7.00. The van der Waals surface area contributed by atoms with E-state index >= 15 is 0 Å². The van der Waals surface area contributed by atoms with Crippen LogP contribution in [0.3, 0.4) is 0 Å². The minimum atomic E-state index is -0.301. The van der Waals surface area contributed by atoms with Crippen LogP contribution in [0, 0.1) is 12.7 Å². The molecule has 3 rings (SSSR count). The van der Waals surface area contributed by atoms with E-state index in [0.29, 0.717) is 29.3 Å². The van der Waals surface area contributed by atoms with Crippen LogP contribution in [0.4, 0.5) is 4.39 Å². The summed E-state index contributed by atoms with van der Waals surface area (Å²) < 4.78 is 20.3. The summed E-state index contributed by atoms with van der Waals surface area (Å²) in [4.78, 5) is 0. The van der Waals surface area contributed by atoms with Crippen molar-refractivity contribution in [1.29, 1.82) is 0 Å². The van der Waals surface area contributed by atoms with E-state index in [2.05, 4.69) is 43.1 Å². The third-order valence-corrected chi connectivity index (χ3v) is 5.12. The molecule has 7 heteroatoms. The summed E-state index contributed by atoms with van der Waals surface area (Å²) in [5.41, 5.74) is 3.29. The molecule has 1 aromatic heterocycles. The number of nitrogens with two attached hydrogens (primary N) is 1. The molecule has 142 valence electrons. The van der Waals surface area contributed by atoms with Crippen molar-refractivity contribution in [3.63, 3.8) is 0 Å². The maximum Gasteiger partial charge on any atom is 0.210 e. The molecular weight excluding hydrogens is 363 g/mol. The zero-order valence-electron chi connectivity index (χ0n) is 15.6. The number of rotatable bonds is 7. The van der Waals surface area contributed by atoms with Gasteiger partial charge in [-0.15, -0.1) is 10.2 Å². The first kappa shape index (κ1) is 19.2. The summed E-state index contributed by atoms with van der Waals surface area (Å²) in [6, 6.07) is 12.2. The topological polar surface area (TPSA) is 66.0 Å². The van der Waals surface area contributed by atoms with E-state index in [1.54, 1.807) is 12.1 Å². The molecule has 2 aromatic carbocycles. The van der Waals surface area contributed by atoms with Gasteiger partial charge in [0.25, 0.3) is 0 Å². The third-order valence-electron chi connectivity index (χ3n) is 4.21. The lowest BCUT2D eigenvalue weighted by Gasteiger charge is -2.12. The molecule has 0 bridgehead atoms. The fraction of sp³-hybridized carbons (Fsp3) is 0.300. The molecule has 0 fully saturated rings. The SMILES string of the molecule is Cc1cc(OCCSc2nnc(-c3ccc(F)cc3)n2N)ccc1C(C)C. The van der Waals surface area contributed by atoms with Crippen LogP contribution < -0.4 is 10.6 Å². The average molecular weight is 386 g/mol. The molecule has 0 saturated carbocycles. The maximum atomic E-state index is 13.0. The quantitative estimate of drug-likeness (QED) is 0.370. The van der Waals surface area contributed by atoms with Crippen molar-refractivity contribution in [3.8, 4) is 17.1 Å². The van der Waals surface area contributed by atoms with Gasteiger partial charge in [0.15, 0.2) is 5.82 Å². The highest BCUT2D eigenvalue weighted by atomic mass is 32.2. The van der Waals surface area contributed by atoms with Crippen LogP contribution in [0.2, 0.25) is 0 Å². The van der Waals surface area contributed by atoms with Crippen LogP contribution in [0.25, 0.3) is 11.4 Å². The minimum Gasteiger partial charge on any atom is -0.493 e. The second-order valence-corrected chi connectivity index (χ2v) is 7.62. The molecule has 3 aromatic rings. The van der Waals surface area contributed by atoms with E-state index in [1.165, 1.54) is 39.7 Å². The second kappa shape index (κ2) is 8.43. The fourth-order valence-corrected chi connectivity index (χ4v) is 3.52. The molecule has 0 aliphatic carbocycles. The van der Waals surface area contributed by atoms with Crippen LogP contribution in [-0.4, -0.2) is 27.2 Å². The highest BCUT2D eigenvalue weighted by molar-refractivity contribution is 7.99. The monoisotopic (exact) mass is 386 g/mol. The van der Waals surface area contributed by atoms with Crippen LogP contribution in [0.15, 0.2) is 47.6 Å². The number of thioether (sulfide) groups is 1. The number of halogens is 1. The van der Waals surface area contributed by atoms with E-state index in [4.69, 9.17) is 10.6 Å². The van der Waals surface area contributed by atoms with Gasteiger partial charge in [-0.3, -0.25) is 0 Å². The Bertz CT molecular complexity index is 909. The lowest BCUT2D eigenvalue weighted by Crippen LogP contribution is -2.12. The Hall–Kier alpha value is -2.54. The van der Waals surface area contributed by atoms with Gasteiger partial charge in [-0.05, 0) is 60.4 Å². The number of aromatic nitrogens is 3. The van der Waals surface area contributed by atoms with Crippen LogP contribution in [0.1, 0.15) is 30.9 Å². The predicted octanol–water partition coefficient (Wildman–Crippen LogP) is 4.40. The number of nitrogens with zero attached hydrogens (tertiary/aromatic N) is 3. The first-order valence-electron chi connectivity index (χ1n) is 8.78. The largest absolute Gasteiger partial charge is 0.493 e. The van der Waals surface area contributed by atoms with Crippen LogP contribution in [0.5, 0.6) is 5.75 Å². The Morgan fingerprint density at radius 1 is 1.15 bits per heavy atom. The Morgan fingerprint density at radius 2 is 1.89 bits per heavy atom. The van der Waals surface area contributed by atoms with Gasteiger partial charge in [0.1, 0.15) is 11.6 Å². The number of nitrogen functional groups attached to an aromatic ring is 1. The van der Waals surface area contributed by atoms with Crippen molar-refractivity contribution in [2.75, 3.05) is 18.2 Å². The van der Waals surface area contributed by atoms with Crippen molar-refractivity contribution >= 4 is 11.8 Å². The Morgan fingerprint density at radius 3 is 2.56 bits per heavy atom. The summed E-state index contributed by atoms with van der Waals surface area (Å²) in [6.07, 6.45) is 0. The second-order valence-electron chi connectivity index (χ2n) is 6.55. The van der Waals surface area contributed by atoms with Gasteiger partial charge in [-0.25, -0.2) is 9.07 Å². The molecule has 27 heavy (non-hydrogen) atoms. The zero-order chi connectivity index (χ0) is 19.4. The van der Waals surface area contributed by atoms with E-state index < -0.39 is 0 Å². The highest BCUT2D eigenvalue weighted by Crippen LogP contribution is 2.24. The summed E-state index contributed by atoms with van der Waals surface area (Å²) in [5, 5.41) is 8.79. The van der Waals surface area contributed by atoms with Gasteiger partial charge in [-0.1, -0.05) is 31.7 Å². The first-order chi connectivity index (χ1) is 13.0. The Balaban J connectivity index is 1.55. The normalized spacial score (nSPS) is 11.1. The minimum absolute atomic E-state index is 0.301. The summed E-state index contributed by atoms with van der Waals surface area (Å²) in [7, 11) is 0. The molecule has 0 atom stereocenters. The first-order valence-corrected chi connectivity index (χ1v) is 9.77. The van der Waals surface area contributed by atoms with Gasteiger partial charge in [0, 0.05) is 11.3 Å². The lowest BCUT2D eigenvalue weighted by molar-refractivity contribution is 0.343. The van der Waals surface area contributed by atoms with Crippen molar-refractivity contribution in [2.45, 2.75) is 31.8 Å². The van der Waals surface area contributed by atoms with Gasteiger partial charge >= 0.3 is 0 Å². The molecule has 0 spiro atoms. The van der Waals surface area contributed by atoms with Crippen LogP contribution >= 0.6 is 11.8 Å². The summed E-state index contributed by atoms with van der Waals surface area (Å²) >= 11 is 1.46. The summed E-state index contributed by atoms with van der Waals surface area (Å²) in [5.74, 6) is 8.31. The zero-order valence-corrected chi connectivity index (χ0v) is 16.5. The van der Waals surface area contributed by atoms with Gasteiger partial charge < -0.3 is 10.6 Å². The molecule has 0 saturated heterocycles. The molecular formula is C20H23FN4OS. The van der Waals surface area contributed by atoms with E-state index in [1.807, 2.05) is 6.07 Å². The van der Waals surface area contributed by atoms with Gasteiger partial charge in [0.05, 0.1) is 6.61 Å². The molecule has 0 radical (unpaired) electrons. The van der Waals surface area contributed by atoms with E-state index in [0.717, 1.165) is 11.3 Å². The average Bonchev–Trinajstić information content (AvgIpc) is 3.00. The highest BCUT2D eigenvalue weighted by Gasteiger charge is 2.12. The van der Waals surface area contributed by atoms with Crippen molar-refractivity contribution in [2.24, 2.45) is 0 Å². The number of hydrogen-bond acceptors (Lipinski definition) is 5. The standard InChI is InChI=1S/C20H23FN4OS/c1-13(2)18-9-8-17(12-14(18)3)26-10-11-27-20-24-23-19(25(20)22)15-4-6-16(21)7-5-15/h4-9,12-13H,10-11,22H2,1-3H3.